The van der Waals surface area contributed by atoms with E-state index in [1.54, 1.807) is 38.1 Å². The molecule has 0 aliphatic heterocycles. The zero-order valence-electron chi connectivity index (χ0n) is 13.2. The summed E-state index contributed by atoms with van der Waals surface area (Å²) < 4.78 is 10.0. The number of hydrogen-bond acceptors (Lipinski definition) is 6. The Morgan fingerprint density at radius 2 is 2.17 bits per heavy atom. The van der Waals surface area contributed by atoms with Gasteiger partial charge in [-0.15, -0.1) is 11.8 Å². The largest absolute Gasteiger partial charge is 0.460 e. The molecule has 1 atom stereocenters. The number of thioether (sulfide) groups is 1. The van der Waals surface area contributed by atoms with Crippen molar-refractivity contribution in [3.63, 3.8) is 0 Å². The van der Waals surface area contributed by atoms with Crippen LogP contribution in [0.4, 0.5) is 5.82 Å². The van der Waals surface area contributed by atoms with Crippen LogP contribution in [0, 0.1) is 6.92 Å². The highest BCUT2D eigenvalue weighted by molar-refractivity contribution is 8.01. The second-order valence-electron chi connectivity index (χ2n) is 5.02. The maximum Gasteiger partial charge on any atom is 0.316 e. The maximum atomic E-state index is 12.0. The van der Waals surface area contributed by atoms with Crippen LogP contribution in [0.3, 0.4) is 0 Å². The lowest BCUT2D eigenvalue weighted by molar-refractivity contribution is -0.141. The number of aryl methyl sites for hydroxylation is 1. The van der Waals surface area contributed by atoms with Crippen LogP contribution < -0.4 is 5.32 Å². The van der Waals surface area contributed by atoms with Gasteiger partial charge in [-0.25, -0.2) is 0 Å². The second-order valence-corrected chi connectivity index (χ2v) is 6.75. The van der Waals surface area contributed by atoms with E-state index in [4.69, 9.17) is 20.9 Å². The highest BCUT2D eigenvalue weighted by atomic mass is 35.5. The van der Waals surface area contributed by atoms with E-state index < -0.39 is 11.2 Å². The summed E-state index contributed by atoms with van der Waals surface area (Å²) in [7, 11) is 0. The fraction of sp³-hybridized carbons (Fsp3) is 0.312. The monoisotopic (exact) mass is 368 g/mol. The number of anilines is 1. The molecule has 0 fully saturated rings. The van der Waals surface area contributed by atoms with Gasteiger partial charge >= 0.3 is 5.97 Å². The average molecular weight is 369 g/mol. The molecule has 1 heterocycles. The number of halogens is 1. The molecule has 0 unspecified atom stereocenters. The molecule has 8 heteroatoms. The first-order chi connectivity index (χ1) is 11.5. The van der Waals surface area contributed by atoms with Crippen LogP contribution >= 0.6 is 23.4 Å². The molecule has 0 spiro atoms. The van der Waals surface area contributed by atoms with Gasteiger partial charge in [-0.1, -0.05) is 35.0 Å². The number of nitrogens with one attached hydrogen (secondary N) is 1. The molecular weight excluding hydrogens is 352 g/mol. The summed E-state index contributed by atoms with van der Waals surface area (Å²) in [5.74, 6) is 0.362. The van der Waals surface area contributed by atoms with E-state index >= 15 is 0 Å². The normalized spacial score (nSPS) is 11.8. The van der Waals surface area contributed by atoms with Gasteiger partial charge in [-0.2, -0.15) is 0 Å². The first kappa shape index (κ1) is 18.4. The minimum Gasteiger partial charge on any atom is -0.460 e. The molecule has 2 aromatic rings. The van der Waals surface area contributed by atoms with Crippen LogP contribution in [-0.2, 0) is 20.9 Å². The summed E-state index contributed by atoms with van der Waals surface area (Å²) in [6.45, 7) is 3.54. The molecule has 0 radical (unpaired) electrons. The first-order valence-electron chi connectivity index (χ1n) is 7.20. The lowest BCUT2D eigenvalue weighted by Crippen LogP contribution is -2.24. The van der Waals surface area contributed by atoms with Gasteiger partial charge in [0, 0.05) is 16.7 Å². The van der Waals surface area contributed by atoms with E-state index in [9.17, 15) is 9.59 Å². The number of hydrogen-bond donors (Lipinski definition) is 1. The quantitative estimate of drug-likeness (QED) is 0.754. The van der Waals surface area contributed by atoms with E-state index in [1.807, 2.05) is 6.07 Å². The van der Waals surface area contributed by atoms with Crippen LogP contribution in [0.15, 0.2) is 34.9 Å². The minimum absolute atomic E-state index is 0.0664. The maximum absolute atomic E-state index is 12.0. The number of rotatable bonds is 7. The highest BCUT2D eigenvalue weighted by Crippen LogP contribution is 2.17. The Bertz CT molecular complexity index is 720. The molecule has 0 saturated carbocycles. The molecule has 0 saturated heterocycles. The van der Waals surface area contributed by atoms with Crippen molar-refractivity contribution in [3.05, 3.63) is 46.7 Å². The van der Waals surface area contributed by atoms with E-state index in [0.717, 1.165) is 5.56 Å². The topological polar surface area (TPSA) is 81.4 Å². The Morgan fingerprint density at radius 3 is 2.83 bits per heavy atom. The van der Waals surface area contributed by atoms with Crippen LogP contribution in [0.2, 0.25) is 5.02 Å². The standard InChI is InChI=1S/C16H17ClN2O4S/c1-10-7-14(19-23-10)18-16(21)11(2)24-9-15(20)22-8-12-5-3-4-6-13(12)17/h3-7,11H,8-9H2,1-2H3,(H,18,19,21)/t11-/m0/s1. The molecule has 0 aliphatic rings. The minimum atomic E-state index is -0.435. The van der Waals surface area contributed by atoms with E-state index in [0.29, 0.717) is 16.6 Å². The van der Waals surface area contributed by atoms with Gasteiger partial charge < -0.3 is 14.6 Å². The van der Waals surface area contributed by atoms with E-state index in [1.165, 1.54) is 11.8 Å². The van der Waals surface area contributed by atoms with E-state index in [-0.39, 0.29) is 18.3 Å². The van der Waals surface area contributed by atoms with Crippen molar-refractivity contribution in [2.45, 2.75) is 25.7 Å². The SMILES string of the molecule is Cc1cc(NC(=O)[C@H](C)SCC(=O)OCc2ccccc2Cl)no1. The molecule has 0 bridgehead atoms. The second kappa shape index (κ2) is 8.75. The van der Waals surface area contributed by atoms with Gasteiger partial charge in [0.25, 0.3) is 0 Å². The molecule has 1 amide bonds. The number of carbonyl (C=O) groups is 2. The molecule has 0 aliphatic carbocycles. The predicted octanol–water partition coefficient (Wildman–Crippen LogP) is 3.44. The molecule has 24 heavy (non-hydrogen) atoms. The van der Waals surface area contributed by atoms with E-state index in [2.05, 4.69) is 10.5 Å². The lowest BCUT2D eigenvalue weighted by atomic mass is 10.2. The van der Waals surface area contributed by atoms with Gasteiger partial charge in [-0.05, 0) is 19.9 Å². The highest BCUT2D eigenvalue weighted by Gasteiger charge is 2.17. The fourth-order valence-electron chi connectivity index (χ4n) is 1.74. The number of amides is 1. The molecule has 1 N–H and O–H groups in total. The Kier molecular flexibility index (Phi) is 6.69. The third kappa shape index (κ3) is 5.58. The molecule has 128 valence electrons. The number of benzene rings is 1. The van der Waals surface area contributed by atoms with Crippen molar-refractivity contribution in [2.75, 3.05) is 11.1 Å². The third-order valence-corrected chi connectivity index (χ3v) is 4.53. The fourth-order valence-corrected chi connectivity index (χ4v) is 2.61. The number of nitrogens with zero attached hydrogens (tertiary/aromatic N) is 1. The van der Waals surface area contributed by atoms with Crippen LogP contribution in [0.25, 0.3) is 0 Å². The molecular formula is C16H17ClN2O4S. The van der Waals surface area contributed by atoms with Crippen LogP contribution in [-0.4, -0.2) is 28.0 Å². The molecule has 1 aromatic carbocycles. The predicted molar refractivity (Wildman–Crippen MR) is 93.0 cm³/mol. The number of ether oxygens (including phenoxy) is 1. The van der Waals surface area contributed by atoms with Crippen molar-refractivity contribution < 1.29 is 18.8 Å². The van der Waals surface area contributed by atoms with Crippen LogP contribution in [0.5, 0.6) is 0 Å². The van der Waals surface area contributed by atoms with Crippen LogP contribution in [0.1, 0.15) is 18.2 Å². The lowest BCUT2D eigenvalue weighted by Gasteiger charge is -2.10. The Morgan fingerprint density at radius 1 is 1.42 bits per heavy atom. The summed E-state index contributed by atoms with van der Waals surface area (Å²) in [4.78, 5) is 23.7. The summed E-state index contributed by atoms with van der Waals surface area (Å²) in [6, 6.07) is 8.77. The van der Waals surface area contributed by atoms with Crippen molar-refractivity contribution in [1.82, 2.24) is 5.16 Å². The van der Waals surface area contributed by atoms with Crippen molar-refractivity contribution >= 4 is 41.1 Å². The number of aromatic nitrogens is 1. The molecule has 1 aromatic heterocycles. The zero-order valence-corrected chi connectivity index (χ0v) is 14.8. The van der Waals surface area contributed by atoms with Crippen molar-refractivity contribution in [3.8, 4) is 0 Å². The molecule has 2 rings (SSSR count). The Hall–Kier alpha value is -1.99. The van der Waals surface area contributed by atoms with Gasteiger partial charge in [0.1, 0.15) is 12.4 Å². The van der Waals surface area contributed by atoms with Gasteiger partial charge in [0.05, 0.1) is 11.0 Å². The summed E-state index contributed by atoms with van der Waals surface area (Å²) in [6.07, 6.45) is 0. The van der Waals surface area contributed by atoms with Crippen molar-refractivity contribution in [2.24, 2.45) is 0 Å². The smallest absolute Gasteiger partial charge is 0.316 e. The van der Waals surface area contributed by atoms with Gasteiger partial charge in [0.2, 0.25) is 5.91 Å². The van der Waals surface area contributed by atoms with Gasteiger partial charge in [-0.3, -0.25) is 9.59 Å². The summed E-state index contributed by atoms with van der Waals surface area (Å²) in [5.41, 5.74) is 0.740. The van der Waals surface area contributed by atoms with Gasteiger partial charge in [0.15, 0.2) is 5.82 Å². The number of esters is 1. The summed E-state index contributed by atoms with van der Waals surface area (Å²) in [5, 5.41) is 6.42. The number of carbonyl (C=O) groups excluding carboxylic acids is 2. The molecule has 6 nitrogen and oxygen atoms in total. The Labute approximate surface area is 148 Å². The van der Waals surface area contributed by atoms with Crippen molar-refractivity contribution in [1.29, 1.82) is 0 Å². The third-order valence-electron chi connectivity index (χ3n) is 3.05. The zero-order chi connectivity index (χ0) is 17.5. The average Bonchev–Trinajstić information content (AvgIpc) is 2.96. The first-order valence-corrected chi connectivity index (χ1v) is 8.63. The Balaban J connectivity index is 1.72. The summed E-state index contributed by atoms with van der Waals surface area (Å²) >= 11 is 7.17.